The largest absolute Gasteiger partial charge is 0.365 e. The first-order valence-electron chi connectivity index (χ1n) is 5.44. The summed E-state index contributed by atoms with van der Waals surface area (Å²) in [4.78, 5) is 24.4. The summed E-state index contributed by atoms with van der Waals surface area (Å²) < 4.78 is 5.32. The molecule has 0 saturated carbocycles. The lowest BCUT2D eigenvalue weighted by molar-refractivity contribution is -0.146. The lowest BCUT2D eigenvalue weighted by atomic mass is 9.96. The lowest BCUT2D eigenvalue weighted by Crippen LogP contribution is -2.49. The summed E-state index contributed by atoms with van der Waals surface area (Å²) in [7, 11) is 1.74. The number of hydrogen-bond donors (Lipinski definition) is 1. The second kappa shape index (κ2) is 4.82. The SMILES string of the molecule is CN1CC(CNC(=O)C(C)(C)C)OCC1=O. The van der Waals surface area contributed by atoms with Crippen molar-refractivity contribution in [3.8, 4) is 0 Å². The molecule has 1 aliphatic rings. The fourth-order valence-electron chi connectivity index (χ4n) is 1.35. The molecule has 0 aromatic rings. The minimum Gasteiger partial charge on any atom is -0.365 e. The number of carbonyl (C=O) groups is 2. The number of morpholine rings is 1. The molecule has 0 radical (unpaired) electrons. The van der Waals surface area contributed by atoms with Crippen molar-refractivity contribution in [3.05, 3.63) is 0 Å². The van der Waals surface area contributed by atoms with Crippen molar-refractivity contribution in [2.45, 2.75) is 26.9 Å². The van der Waals surface area contributed by atoms with Crippen molar-refractivity contribution in [1.29, 1.82) is 0 Å². The zero-order valence-electron chi connectivity index (χ0n) is 10.4. The molecule has 5 heteroatoms. The smallest absolute Gasteiger partial charge is 0.248 e. The van der Waals surface area contributed by atoms with E-state index in [1.807, 2.05) is 20.8 Å². The number of carbonyl (C=O) groups excluding carboxylic acids is 2. The predicted molar refractivity (Wildman–Crippen MR) is 59.8 cm³/mol. The van der Waals surface area contributed by atoms with E-state index in [1.165, 1.54) is 0 Å². The van der Waals surface area contributed by atoms with Gasteiger partial charge < -0.3 is 15.0 Å². The number of rotatable bonds is 2. The third-order valence-electron chi connectivity index (χ3n) is 2.52. The normalized spacial score (nSPS) is 22.1. The molecule has 1 saturated heterocycles. The molecule has 1 aliphatic heterocycles. The van der Waals surface area contributed by atoms with E-state index in [2.05, 4.69) is 5.32 Å². The molecular formula is C11H20N2O3. The second-order valence-electron chi connectivity index (χ2n) is 5.17. The molecule has 0 aliphatic carbocycles. The Kier molecular flexibility index (Phi) is 3.91. The topological polar surface area (TPSA) is 58.6 Å². The summed E-state index contributed by atoms with van der Waals surface area (Å²) in [5.41, 5.74) is -0.392. The quantitative estimate of drug-likeness (QED) is 0.724. The molecule has 1 heterocycles. The van der Waals surface area contributed by atoms with Gasteiger partial charge in [-0.1, -0.05) is 20.8 Å². The maximum Gasteiger partial charge on any atom is 0.248 e. The van der Waals surface area contributed by atoms with E-state index in [0.29, 0.717) is 13.1 Å². The van der Waals surface area contributed by atoms with Crippen LogP contribution in [-0.4, -0.2) is 49.6 Å². The van der Waals surface area contributed by atoms with E-state index in [0.717, 1.165) is 0 Å². The van der Waals surface area contributed by atoms with E-state index < -0.39 is 5.41 Å². The van der Waals surface area contributed by atoms with Gasteiger partial charge >= 0.3 is 0 Å². The number of ether oxygens (including phenoxy) is 1. The molecule has 1 rings (SSSR count). The number of nitrogens with zero attached hydrogens (tertiary/aromatic N) is 1. The van der Waals surface area contributed by atoms with Gasteiger partial charge in [-0.05, 0) is 0 Å². The van der Waals surface area contributed by atoms with Crippen molar-refractivity contribution in [1.82, 2.24) is 10.2 Å². The molecule has 2 amide bonds. The van der Waals surface area contributed by atoms with Crippen LogP contribution in [0, 0.1) is 5.41 Å². The van der Waals surface area contributed by atoms with Crippen molar-refractivity contribution in [2.75, 3.05) is 26.7 Å². The Morgan fingerprint density at radius 1 is 1.56 bits per heavy atom. The van der Waals surface area contributed by atoms with E-state index in [-0.39, 0.29) is 24.5 Å². The van der Waals surface area contributed by atoms with E-state index >= 15 is 0 Å². The highest BCUT2D eigenvalue weighted by Crippen LogP contribution is 2.12. The summed E-state index contributed by atoms with van der Waals surface area (Å²) in [6.07, 6.45) is -0.103. The highest BCUT2D eigenvalue weighted by molar-refractivity contribution is 5.81. The average Bonchev–Trinajstić information content (AvgIpc) is 2.18. The Hall–Kier alpha value is -1.10. The Bertz CT molecular complexity index is 283. The molecule has 16 heavy (non-hydrogen) atoms. The molecule has 5 nitrogen and oxygen atoms in total. The third kappa shape index (κ3) is 3.48. The van der Waals surface area contributed by atoms with Gasteiger partial charge in [-0.15, -0.1) is 0 Å². The fraction of sp³-hybridized carbons (Fsp3) is 0.818. The van der Waals surface area contributed by atoms with Crippen LogP contribution in [0.5, 0.6) is 0 Å². The molecule has 1 N–H and O–H groups in total. The van der Waals surface area contributed by atoms with Crippen LogP contribution >= 0.6 is 0 Å². The fourth-order valence-corrected chi connectivity index (χ4v) is 1.35. The maximum absolute atomic E-state index is 11.6. The molecule has 0 aromatic heterocycles. The van der Waals surface area contributed by atoms with Gasteiger partial charge in [-0.3, -0.25) is 9.59 Å². The van der Waals surface area contributed by atoms with Crippen molar-refractivity contribution >= 4 is 11.8 Å². The van der Waals surface area contributed by atoms with Gasteiger partial charge in [0.2, 0.25) is 11.8 Å². The van der Waals surface area contributed by atoms with Crippen molar-refractivity contribution in [2.24, 2.45) is 5.41 Å². The Morgan fingerprint density at radius 3 is 2.69 bits per heavy atom. The van der Waals surface area contributed by atoms with E-state index in [1.54, 1.807) is 11.9 Å². The van der Waals surface area contributed by atoms with Crippen molar-refractivity contribution < 1.29 is 14.3 Å². The summed E-state index contributed by atoms with van der Waals surface area (Å²) >= 11 is 0. The van der Waals surface area contributed by atoms with Crippen LogP contribution in [0.2, 0.25) is 0 Å². The number of likely N-dealkylation sites (N-methyl/N-ethyl adjacent to an activating group) is 1. The molecular weight excluding hydrogens is 208 g/mol. The number of hydrogen-bond acceptors (Lipinski definition) is 3. The standard InChI is InChI=1S/C11H20N2O3/c1-11(2,3)10(15)12-5-8-6-13(4)9(14)7-16-8/h8H,5-7H2,1-4H3,(H,12,15). The van der Waals surface area contributed by atoms with Crippen LogP contribution in [0.1, 0.15) is 20.8 Å². The number of amides is 2. The van der Waals surface area contributed by atoms with Gasteiger partial charge in [0.25, 0.3) is 0 Å². The van der Waals surface area contributed by atoms with Crippen LogP contribution in [0.3, 0.4) is 0 Å². The van der Waals surface area contributed by atoms with Crippen LogP contribution in [0.25, 0.3) is 0 Å². The molecule has 0 aromatic carbocycles. The van der Waals surface area contributed by atoms with Gasteiger partial charge in [0.1, 0.15) is 6.61 Å². The Labute approximate surface area is 96.1 Å². The summed E-state index contributed by atoms with van der Waals surface area (Å²) in [6.45, 7) is 6.67. The monoisotopic (exact) mass is 228 g/mol. The zero-order valence-corrected chi connectivity index (χ0v) is 10.4. The average molecular weight is 228 g/mol. The van der Waals surface area contributed by atoms with Gasteiger partial charge in [0, 0.05) is 25.6 Å². The van der Waals surface area contributed by atoms with Gasteiger partial charge in [0.05, 0.1) is 6.10 Å². The van der Waals surface area contributed by atoms with Crippen LogP contribution in [-0.2, 0) is 14.3 Å². The molecule has 92 valence electrons. The van der Waals surface area contributed by atoms with Gasteiger partial charge in [-0.25, -0.2) is 0 Å². The Morgan fingerprint density at radius 2 is 2.19 bits per heavy atom. The first kappa shape index (κ1) is 13.0. The minimum absolute atomic E-state index is 0.00402. The molecule has 0 spiro atoms. The maximum atomic E-state index is 11.6. The third-order valence-corrected chi connectivity index (χ3v) is 2.52. The van der Waals surface area contributed by atoms with Gasteiger partial charge in [0.15, 0.2) is 0 Å². The molecule has 1 fully saturated rings. The zero-order chi connectivity index (χ0) is 12.3. The first-order chi connectivity index (χ1) is 7.30. The highest BCUT2D eigenvalue weighted by atomic mass is 16.5. The predicted octanol–water partition coefficient (Wildman–Crippen LogP) is 0.00590. The van der Waals surface area contributed by atoms with Crippen molar-refractivity contribution in [3.63, 3.8) is 0 Å². The minimum atomic E-state index is -0.392. The summed E-state index contributed by atoms with van der Waals surface area (Å²) in [5.74, 6) is -0.0194. The molecule has 1 unspecified atom stereocenters. The van der Waals surface area contributed by atoms with Crippen LogP contribution < -0.4 is 5.32 Å². The van der Waals surface area contributed by atoms with Crippen LogP contribution in [0.4, 0.5) is 0 Å². The molecule has 0 bridgehead atoms. The lowest BCUT2D eigenvalue weighted by Gasteiger charge is -2.30. The van der Waals surface area contributed by atoms with E-state index in [4.69, 9.17) is 4.74 Å². The van der Waals surface area contributed by atoms with Crippen LogP contribution in [0.15, 0.2) is 0 Å². The van der Waals surface area contributed by atoms with E-state index in [9.17, 15) is 9.59 Å². The Balaban J connectivity index is 2.34. The summed E-state index contributed by atoms with van der Waals surface area (Å²) in [5, 5.41) is 2.83. The second-order valence-corrected chi connectivity index (χ2v) is 5.17. The summed E-state index contributed by atoms with van der Waals surface area (Å²) in [6, 6.07) is 0. The highest BCUT2D eigenvalue weighted by Gasteiger charge is 2.26. The number of nitrogens with one attached hydrogen (secondary N) is 1. The molecule has 1 atom stereocenters. The first-order valence-corrected chi connectivity index (χ1v) is 5.44. The van der Waals surface area contributed by atoms with Gasteiger partial charge in [-0.2, -0.15) is 0 Å².